The first-order valence-corrected chi connectivity index (χ1v) is 13.3. The predicted octanol–water partition coefficient (Wildman–Crippen LogP) is 0.0894. The lowest BCUT2D eigenvalue weighted by molar-refractivity contribution is -0.166. The molecule has 0 amide bonds. The van der Waals surface area contributed by atoms with E-state index >= 15 is 0 Å². The number of esters is 3. The lowest BCUT2D eigenvalue weighted by Crippen LogP contribution is -2.42. The number of H-pyrrole nitrogens is 1. The number of rotatable bonds is 5. The van der Waals surface area contributed by atoms with Gasteiger partial charge in [-0.25, -0.2) is 4.79 Å². The van der Waals surface area contributed by atoms with Gasteiger partial charge in [0.1, 0.15) is 26.3 Å². The minimum Gasteiger partial charge on any atom is -0.463 e. The van der Waals surface area contributed by atoms with Gasteiger partial charge in [-0.3, -0.25) is 28.7 Å². The number of ether oxygens (including phenoxy) is 4. The fourth-order valence-electron chi connectivity index (χ4n) is 2.93. The Morgan fingerprint density at radius 3 is 2.19 bits per heavy atom. The fraction of sp³-hybridized carbons (Fsp3) is 0.550. The van der Waals surface area contributed by atoms with Crippen LogP contribution in [0.4, 0.5) is 0 Å². The van der Waals surface area contributed by atoms with Crippen molar-refractivity contribution in [1.82, 2.24) is 9.55 Å². The molecule has 1 aliphatic heterocycles. The highest BCUT2D eigenvalue weighted by Crippen LogP contribution is 2.33. The van der Waals surface area contributed by atoms with Gasteiger partial charge >= 0.3 is 23.6 Å². The molecule has 1 saturated heterocycles. The van der Waals surface area contributed by atoms with E-state index in [-0.39, 0.29) is 12.2 Å². The van der Waals surface area contributed by atoms with Gasteiger partial charge in [-0.15, -0.1) is 5.54 Å². The van der Waals surface area contributed by atoms with Crippen LogP contribution in [0.2, 0.25) is 19.6 Å². The molecule has 1 aromatic rings. The summed E-state index contributed by atoms with van der Waals surface area (Å²) in [5.74, 6) is 0.768. The zero-order chi connectivity index (χ0) is 24.2. The third-order valence-electron chi connectivity index (χ3n) is 4.15. The average Bonchev–Trinajstić information content (AvgIpc) is 2.94. The van der Waals surface area contributed by atoms with Crippen molar-refractivity contribution in [2.45, 2.75) is 65.0 Å². The van der Waals surface area contributed by atoms with Crippen molar-refractivity contribution in [3.05, 3.63) is 32.6 Å². The van der Waals surface area contributed by atoms with E-state index in [1.165, 1.54) is 13.1 Å². The minimum atomic E-state index is -1.83. The number of aromatic nitrogens is 2. The first kappa shape index (κ1) is 25.1. The van der Waals surface area contributed by atoms with E-state index in [2.05, 4.69) is 16.4 Å². The molecule has 0 saturated carbocycles. The maximum absolute atomic E-state index is 12.6. The molecule has 2 rings (SSSR count). The standard InChI is InChI=1S/C20H26N2O9Si/c1-11(23)28-10-15-16(29-12(2)24)17(30-13(3)25)19(31-15)22-9-14(7-8-32(4,5)6)18(26)21-20(22)27/h9,15-17,19H,10H2,1-6H3,(H,21,26,27)/t15-,16-,17-,19-/m1/s1. The van der Waals surface area contributed by atoms with Crippen molar-refractivity contribution in [3.63, 3.8) is 0 Å². The lowest BCUT2D eigenvalue weighted by Gasteiger charge is -2.23. The fourth-order valence-corrected chi connectivity index (χ4v) is 3.44. The highest BCUT2D eigenvalue weighted by atomic mass is 28.3. The van der Waals surface area contributed by atoms with Gasteiger partial charge < -0.3 is 18.9 Å². The van der Waals surface area contributed by atoms with E-state index < -0.39 is 61.8 Å². The minimum absolute atomic E-state index is 0.0182. The Balaban J connectivity index is 2.56. The van der Waals surface area contributed by atoms with Crippen LogP contribution >= 0.6 is 0 Å². The van der Waals surface area contributed by atoms with Gasteiger partial charge in [0.25, 0.3) is 5.56 Å². The number of aromatic amines is 1. The monoisotopic (exact) mass is 466 g/mol. The zero-order valence-corrected chi connectivity index (χ0v) is 19.7. The quantitative estimate of drug-likeness (QED) is 0.276. The summed E-state index contributed by atoms with van der Waals surface area (Å²) in [7, 11) is -1.83. The Morgan fingerprint density at radius 1 is 1.06 bits per heavy atom. The molecule has 0 unspecified atom stereocenters. The number of hydrogen-bond donors (Lipinski definition) is 1. The molecule has 0 spiro atoms. The van der Waals surface area contributed by atoms with Crippen LogP contribution in [0.15, 0.2) is 15.8 Å². The molecule has 1 aliphatic rings. The maximum atomic E-state index is 12.6. The van der Waals surface area contributed by atoms with Crippen LogP contribution in [0.1, 0.15) is 32.6 Å². The largest absolute Gasteiger partial charge is 0.463 e. The topological polar surface area (TPSA) is 143 Å². The van der Waals surface area contributed by atoms with Crippen molar-refractivity contribution < 1.29 is 33.3 Å². The number of hydrogen-bond acceptors (Lipinski definition) is 9. The highest BCUT2D eigenvalue weighted by Gasteiger charge is 2.51. The normalized spacial score (nSPS) is 22.4. The Labute approximate surface area is 185 Å². The van der Waals surface area contributed by atoms with E-state index in [0.717, 1.165) is 18.4 Å². The number of nitrogens with zero attached hydrogens (tertiary/aromatic N) is 1. The van der Waals surface area contributed by atoms with Gasteiger partial charge in [0.2, 0.25) is 0 Å². The van der Waals surface area contributed by atoms with Gasteiger partial charge in [-0.1, -0.05) is 25.6 Å². The molecule has 11 nitrogen and oxygen atoms in total. The smallest absolute Gasteiger partial charge is 0.330 e. The second kappa shape index (κ2) is 9.97. The van der Waals surface area contributed by atoms with Crippen molar-refractivity contribution in [3.8, 4) is 11.5 Å². The molecule has 1 fully saturated rings. The second-order valence-corrected chi connectivity index (χ2v) is 13.0. The molecule has 2 heterocycles. The third kappa shape index (κ3) is 6.66. The molecule has 0 aromatic carbocycles. The Morgan fingerprint density at radius 2 is 1.66 bits per heavy atom. The molecule has 174 valence electrons. The maximum Gasteiger partial charge on any atom is 0.330 e. The summed E-state index contributed by atoms with van der Waals surface area (Å²) < 4.78 is 22.4. The predicted molar refractivity (Wildman–Crippen MR) is 113 cm³/mol. The molecule has 1 N–H and O–H groups in total. The highest BCUT2D eigenvalue weighted by molar-refractivity contribution is 6.83. The van der Waals surface area contributed by atoms with Crippen LogP contribution in [0.3, 0.4) is 0 Å². The molecule has 12 heteroatoms. The Bertz CT molecular complexity index is 1070. The van der Waals surface area contributed by atoms with E-state index in [0.29, 0.717) is 0 Å². The van der Waals surface area contributed by atoms with Crippen LogP contribution in [-0.2, 0) is 33.3 Å². The summed E-state index contributed by atoms with van der Waals surface area (Å²) >= 11 is 0. The van der Waals surface area contributed by atoms with Crippen molar-refractivity contribution in [2.75, 3.05) is 6.61 Å². The van der Waals surface area contributed by atoms with E-state index in [9.17, 15) is 24.0 Å². The zero-order valence-electron chi connectivity index (χ0n) is 18.7. The molecule has 4 atom stereocenters. The molecule has 0 radical (unpaired) electrons. The Kier molecular flexibility index (Phi) is 7.81. The van der Waals surface area contributed by atoms with Crippen LogP contribution in [-0.4, -0.2) is 60.5 Å². The molecule has 0 aliphatic carbocycles. The summed E-state index contributed by atoms with van der Waals surface area (Å²) in [5.41, 5.74) is 1.54. The molecule has 32 heavy (non-hydrogen) atoms. The molecule has 1 aromatic heterocycles. The summed E-state index contributed by atoms with van der Waals surface area (Å²) in [6.07, 6.45) is -3.53. The average molecular weight is 467 g/mol. The first-order valence-electron chi connectivity index (χ1n) is 9.80. The van der Waals surface area contributed by atoms with E-state index in [1.807, 2.05) is 19.6 Å². The van der Waals surface area contributed by atoms with Gasteiger partial charge in [0.05, 0.1) is 0 Å². The van der Waals surface area contributed by atoms with Crippen LogP contribution in [0.5, 0.6) is 0 Å². The summed E-state index contributed by atoms with van der Waals surface area (Å²) in [6.45, 7) is 9.13. The summed E-state index contributed by atoms with van der Waals surface area (Å²) in [6, 6.07) is 0. The first-order chi connectivity index (χ1) is 14.8. The molecular weight excluding hydrogens is 440 g/mol. The molecular formula is C20H26N2O9Si. The van der Waals surface area contributed by atoms with Gasteiger partial charge in [-0.2, -0.15) is 0 Å². The second-order valence-electron chi connectivity index (χ2n) is 8.23. The number of carbonyl (C=O) groups is 3. The van der Waals surface area contributed by atoms with Gasteiger partial charge in [-0.05, 0) is 0 Å². The van der Waals surface area contributed by atoms with Gasteiger partial charge in [0, 0.05) is 27.0 Å². The third-order valence-corrected chi connectivity index (χ3v) is 5.03. The van der Waals surface area contributed by atoms with Crippen LogP contribution < -0.4 is 11.2 Å². The number of nitrogens with one attached hydrogen (secondary N) is 1. The summed E-state index contributed by atoms with van der Waals surface area (Å²) in [5, 5.41) is 0. The van der Waals surface area contributed by atoms with Gasteiger partial charge in [0.15, 0.2) is 18.4 Å². The van der Waals surface area contributed by atoms with Crippen LogP contribution in [0.25, 0.3) is 0 Å². The van der Waals surface area contributed by atoms with Crippen molar-refractivity contribution >= 4 is 26.0 Å². The van der Waals surface area contributed by atoms with Crippen molar-refractivity contribution in [2.24, 2.45) is 0 Å². The van der Waals surface area contributed by atoms with E-state index in [1.54, 1.807) is 0 Å². The van der Waals surface area contributed by atoms with Crippen molar-refractivity contribution in [1.29, 1.82) is 0 Å². The number of carbonyl (C=O) groups excluding carboxylic acids is 3. The Hall–Kier alpha value is -3.17. The van der Waals surface area contributed by atoms with E-state index in [4.69, 9.17) is 18.9 Å². The summed E-state index contributed by atoms with van der Waals surface area (Å²) in [4.78, 5) is 61.6. The van der Waals surface area contributed by atoms with Crippen LogP contribution in [0, 0.1) is 11.5 Å². The lowest BCUT2D eigenvalue weighted by atomic mass is 10.1. The SMILES string of the molecule is CC(=O)OC[C@H]1O[C@@H](n2cc(C#C[Si](C)(C)C)c(=O)[nH]c2=O)[C@H](OC(C)=O)[C@@H]1OC(C)=O. The molecule has 0 bridgehead atoms.